The minimum absolute atomic E-state index is 0.0229. The fourth-order valence-corrected chi connectivity index (χ4v) is 3.03. The van der Waals surface area contributed by atoms with Crippen LogP contribution in [0, 0.1) is 0 Å². The summed E-state index contributed by atoms with van der Waals surface area (Å²) in [6, 6.07) is 11.4. The number of carbonyl (C=O) groups excluding carboxylic acids is 1. The highest BCUT2D eigenvalue weighted by Gasteiger charge is 2.22. The molecule has 0 unspecified atom stereocenters. The van der Waals surface area contributed by atoms with Crippen LogP contribution in [0.15, 0.2) is 41.8 Å². The second-order valence-corrected chi connectivity index (χ2v) is 6.77. The summed E-state index contributed by atoms with van der Waals surface area (Å²) >= 11 is 1.70. The largest absolute Gasteiger partial charge is 0.392 e. The van der Waals surface area contributed by atoms with E-state index < -0.39 is 0 Å². The Morgan fingerprint density at radius 1 is 1.14 bits per heavy atom. The molecule has 0 radical (unpaired) electrons. The molecule has 2 aromatic rings. The minimum Gasteiger partial charge on any atom is -0.392 e. The van der Waals surface area contributed by atoms with Gasteiger partial charge in [-0.1, -0.05) is 44.2 Å². The van der Waals surface area contributed by atoms with Gasteiger partial charge in [0.05, 0.1) is 6.61 Å². The molecule has 22 heavy (non-hydrogen) atoms. The Hall–Kier alpha value is -1.85. The molecule has 0 aliphatic carbocycles. The molecule has 2 amide bonds. The van der Waals surface area contributed by atoms with Crippen molar-refractivity contribution < 1.29 is 9.90 Å². The van der Waals surface area contributed by atoms with Gasteiger partial charge < -0.3 is 15.7 Å². The predicted molar refractivity (Wildman–Crippen MR) is 89.9 cm³/mol. The highest BCUT2D eigenvalue weighted by molar-refractivity contribution is 7.10. The van der Waals surface area contributed by atoms with E-state index >= 15 is 0 Å². The SMILES string of the molecule is CC(C)(CNC(=O)NCc1ccccc1CO)c1cccs1. The maximum atomic E-state index is 12.0. The quantitative estimate of drug-likeness (QED) is 0.767. The van der Waals surface area contributed by atoms with Crippen LogP contribution in [0.1, 0.15) is 29.9 Å². The molecule has 1 aromatic heterocycles. The number of hydrogen-bond donors (Lipinski definition) is 3. The Kier molecular flexibility index (Phi) is 5.57. The van der Waals surface area contributed by atoms with Crippen LogP contribution in [0.5, 0.6) is 0 Å². The number of carbonyl (C=O) groups is 1. The zero-order valence-electron chi connectivity index (χ0n) is 12.9. The smallest absolute Gasteiger partial charge is 0.315 e. The van der Waals surface area contributed by atoms with Crippen LogP contribution in [-0.4, -0.2) is 17.7 Å². The van der Waals surface area contributed by atoms with Crippen molar-refractivity contribution in [2.75, 3.05) is 6.54 Å². The summed E-state index contributed by atoms with van der Waals surface area (Å²) in [4.78, 5) is 13.2. The van der Waals surface area contributed by atoms with Gasteiger partial charge in [0.1, 0.15) is 0 Å². The fourth-order valence-electron chi connectivity index (χ4n) is 2.17. The van der Waals surface area contributed by atoms with Crippen LogP contribution in [-0.2, 0) is 18.6 Å². The molecule has 0 saturated carbocycles. The minimum atomic E-state index is -0.197. The predicted octanol–water partition coefficient (Wildman–Crippen LogP) is 3.02. The van der Waals surface area contributed by atoms with E-state index in [-0.39, 0.29) is 18.1 Å². The molecular weight excluding hydrogens is 296 g/mol. The summed E-state index contributed by atoms with van der Waals surface area (Å²) in [7, 11) is 0. The van der Waals surface area contributed by atoms with E-state index in [2.05, 4.69) is 30.5 Å². The Morgan fingerprint density at radius 2 is 1.86 bits per heavy atom. The summed E-state index contributed by atoms with van der Waals surface area (Å²) in [5.74, 6) is 0. The molecule has 0 spiro atoms. The van der Waals surface area contributed by atoms with Gasteiger partial charge >= 0.3 is 6.03 Å². The van der Waals surface area contributed by atoms with Crippen LogP contribution in [0.2, 0.25) is 0 Å². The molecule has 4 nitrogen and oxygen atoms in total. The summed E-state index contributed by atoms with van der Waals surface area (Å²) < 4.78 is 0. The van der Waals surface area contributed by atoms with E-state index in [0.717, 1.165) is 11.1 Å². The van der Waals surface area contributed by atoms with Crippen molar-refractivity contribution in [2.45, 2.75) is 32.4 Å². The number of benzene rings is 1. The second-order valence-electron chi connectivity index (χ2n) is 5.82. The first kappa shape index (κ1) is 16.5. The normalized spacial score (nSPS) is 11.2. The zero-order chi connectivity index (χ0) is 16.0. The van der Waals surface area contributed by atoms with Crippen molar-refractivity contribution in [3.8, 4) is 0 Å². The molecular formula is C17H22N2O2S. The lowest BCUT2D eigenvalue weighted by molar-refractivity contribution is 0.238. The average molecular weight is 318 g/mol. The summed E-state index contributed by atoms with van der Waals surface area (Å²) in [5, 5.41) is 17.1. The van der Waals surface area contributed by atoms with E-state index in [1.807, 2.05) is 35.7 Å². The molecule has 118 valence electrons. The average Bonchev–Trinajstić information content (AvgIpc) is 3.06. The molecule has 0 aliphatic heterocycles. The van der Waals surface area contributed by atoms with E-state index in [9.17, 15) is 9.90 Å². The maximum Gasteiger partial charge on any atom is 0.315 e. The third-order valence-electron chi connectivity index (χ3n) is 3.61. The van der Waals surface area contributed by atoms with E-state index in [0.29, 0.717) is 13.1 Å². The third kappa shape index (κ3) is 4.32. The van der Waals surface area contributed by atoms with E-state index in [1.165, 1.54) is 4.88 Å². The van der Waals surface area contributed by atoms with Gasteiger partial charge in [-0.05, 0) is 22.6 Å². The monoisotopic (exact) mass is 318 g/mol. The first-order valence-corrected chi connectivity index (χ1v) is 8.14. The third-order valence-corrected chi connectivity index (χ3v) is 4.84. The van der Waals surface area contributed by atoms with Crippen molar-refractivity contribution in [1.29, 1.82) is 0 Å². The van der Waals surface area contributed by atoms with Gasteiger partial charge in [-0.2, -0.15) is 0 Å². The molecule has 0 bridgehead atoms. The van der Waals surface area contributed by atoms with Crippen molar-refractivity contribution in [3.63, 3.8) is 0 Å². The summed E-state index contributed by atoms with van der Waals surface area (Å²) in [5.41, 5.74) is 1.67. The Bertz CT molecular complexity index is 609. The molecule has 1 heterocycles. The fraction of sp³-hybridized carbons (Fsp3) is 0.353. The van der Waals surface area contributed by atoms with Crippen molar-refractivity contribution in [2.24, 2.45) is 0 Å². The number of aliphatic hydroxyl groups excluding tert-OH is 1. The number of amides is 2. The van der Waals surface area contributed by atoms with Crippen molar-refractivity contribution in [3.05, 3.63) is 57.8 Å². The first-order chi connectivity index (χ1) is 10.5. The highest BCUT2D eigenvalue weighted by atomic mass is 32.1. The molecule has 0 aliphatic rings. The number of urea groups is 1. The number of thiophene rings is 1. The molecule has 0 saturated heterocycles. The molecule has 3 N–H and O–H groups in total. The number of nitrogens with one attached hydrogen (secondary N) is 2. The van der Waals surface area contributed by atoms with Gasteiger partial charge in [0.25, 0.3) is 0 Å². The van der Waals surface area contributed by atoms with Gasteiger partial charge in [-0.15, -0.1) is 11.3 Å². The molecule has 0 fully saturated rings. The van der Waals surface area contributed by atoms with Crippen LogP contribution in [0.25, 0.3) is 0 Å². The van der Waals surface area contributed by atoms with Crippen LogP contribution in [0.3, 0.4) is 0 Å². The second kappa shape index (κ2) is 7.42. The van der Waals surface area contributed by atoms with Gasteiger partial charge in [0.15, 0.2) is 0 Å². The zero-order valence-corrected chi connectivity index (χ0v) is 13.7. The van der Waals surface area contributed by atoms with E-state index in [1.54, 1.807) is 11.3 Å². The first-order valence-electron chi connectivity index (χ1n) is 7.26. The van der Waals surface area contributed by atoms with Gasteiger partial charge in [0, 0.05) is 23.4 Å². The molecule has 5 heteroatoms. The molecule has 0 atom stereocenters. The number of rotatable bonds is 6. The van der Waals surface area contributed by atoms with Gasteiger partial charge in [-0.25, -0.2) is 4.79 Å². The maximum absolute atomic E-state index is 12.0. The van der Waals surface area contributed by atoms with Crippen LogP contribution in [0.4, 0.5) is 4.79 Å². The number of hydrogen-bond acceptors (Lipinski definition) is 3. The molecule has 1 aromatic carbocycles. The van der Waals surface area contributed by atoms with Crippen molar-refractivity contribution >= 4 is 17.4 Å². The Labute approximate surface area is 135 Å². The Morgan fingerprint density at radius 3 is 2.50 bits per heavy atom. The van der Waals surface area contributed by atoms with E-state index in [4.69, 9.17) is 0 Å². The summed E-state index contributed by atoms with van der Waals surface area (Å²) in [6.45, 7) is 5.17. The molecule has 2 rings (SSSR count). The standard InChI is InChI=1S/C17H22N2O2S/c1-17(2,15-8-5-9-22-15)12-19-16(21)18-10-13-6-3-4-7-14(13)11-20/h3-9,20H,10-12H2,1-2H3,(H2,18,19,21). The Balaban J connectivity index is 1.83. The number of aliphatic hydroxyl groups is 1. The van der Waals surface area contributed by atoms with Gasteiger partial charge in [0.2, 0.25) is 0 Å². The van der Waals surface area contributed by atoms with Crippen molar-refractivity contribution in [1.82, 2.24) is 10.6 Å². The van der Waals surface area contributed by atoms with Crippen LogP contribution < -0.4 is 10.6 Å². The lowest BCUT2D eigenvalue weighted by Crippen LogP contribution is -2.41. The summed E-state index contributed by atoms with van der Waals surface area (Å²) in [6.07, 6.45) is 0. The highest BCUT2D eigenvalue weighted by Crippen LogP contribution is 2.26. The lowest BCUT2D eigenvalue weighted by atomic mass is 9.91. The topological polar surface area (TPSA) is 61.4 Å². The van der Waals surface area contributed by atoms with Gasteiger partial charge in [-0.3, -0.25) is 0 Å². The lowest BCUT2D eigenvalue weighted by Gasteiger charge is -2.23. The van der Waals surface area contributed by atoms with Crippen LogP contribution >= 0.6 is 11.3 Å².